The Balaban J connectivity index is 2.21. The number of alkyl carbamates (subject to hydrolysis) is 1. The van der Waals surface area contributed by atoms with Crippen molar-refractivity contribution in [2.24, 2.45) is 4.99 Å². The zero-order chi connectivity index (χ0) is 21.9. The maximum absolute atomic E-state index is 12.6. The Morgan fingerprint density at radius 1 is 1.10 bits per heavy atom. The first kappa shape index (κ1) is 24.2. The van der Waals surface area contributed by atoms with Crippen molar-refractivity contribution in [1.82, 2.24) is 25.9 Å². The Bertz CT molecular complexity index is 676. The molecule has 0 spiro atoms. The molecule has 0 atom stereocenters. The third kappa shape index (κ3) is 11.0. The topological polar surface area (TPSA) is 113 Å². The van der Waals surface area contributed by atoms with E-state index in [1.807, 2.05) is 0 Å². The van der Waals surface area contributed by atoms with Crippen LogP contribution in [-0.2, 0) is 10.9 Å². The fourth-order valence-corrected chi connectivity index (χ4v) is 1.98. The number of hydrogen-bond donors (Lipinski definition) is 4. The number of aromatic nitrogens is 2. The molecule has 1 aromatic heterocycles. The monoisotopic (exact) mass is 419 g/mol. The molecule has 1 amide bonds. The van der Waals surface area contributed by atoms with E-state index in [4.69, 9.17) is 4.74 Å². The molecular weight excluding hydrogens is 391 g/mol. The lowest BCUT2D eigenvalue weighted by Gasteiger charge is -2.19. The second-order valence-corrected chi connectivity index (χ2v) is 6.90. The number of alkyl halides is 3. The molecule has 1 aromatic rings. The summed E-state index contributed by atoms with van der Waals surface area (Å²) in [4.78, 5) is 22.7. The highest BCUT2D eigenvalue weighted by molar-refractivity contribution is 5.79. The van der Waals surface area contributed by atoms with Crippen molar-refractivity contribution in [3.05, 3.63) is 18.0 Å². The molecule has 9 nitrogen and oxygen atoms in total. The van der Waals surface area contributed by atoms with Crippen molar-refractivity contribution in [1.29, 1.82) is 0 Å². The molecule has 1 rings (SSSR count). The minimum atomic E-state index is -4.51. The number of carbonyl (C=O) groups excluding carboxylic acids is 1. The third-order valence-corrected chi connectivity index (χ3v) is 3.18. The molecule has 0 saturated carbocycles. The van der Waals surface area contributed by atoms with Crippen LogP contribution < -0.4 is 21.3 Å². The van der Waals surface area contributed by atoms with E-state index in [1.54, 1.807) is 27.8 Å². The molecule has 1 heterocycles. The summed E-state index contributed by atoms with van der Waals surface area (Å²) < 4.78 is 43.0. The molecule has 4 N–H and O–H groups in total. The van der Waals surface area contributed by atoms with Crippen LogP contribution in [0.15, 0.2) is 17.3 Å². The van der Waals surface area contributed by atoms with Crippen LogP contribution in [0.2, 0.25) is 0 Å². The van der Waals surface area contributed by atoms with E-state index in [-0.39, 0.29) is 5.95 Å². The number of anilines is 1. The number of guanidine groups is 1. The number of halogens is 3. The molecule has 12 heteroatoms. The van der Waals surface area contributed by atoms with Gasteiger partial charge in [0.1, 0.15) is 11.3 Å². The van der Waals surface area contributed by atoms with Crippen LogP contribution in [0, 0.1) is 0 Å². The van der Waals surface area contributed by atoms with Gasteiger partial charge in [0.15, 0.2) is 5.96 Å². The van der Waals surface area contributed by atoms with E-state index >= 15 is 0 Å². The van der Waals surface area contributed by atoms with Crippen molar-refractivity contribution in [3.63, 3.8) is 0 Å². The Hall–Kier alpha value is -2.79. The van der Waals surface area contributed by atoms with E-state index in [0.717, 1.165) is 12.3 Å². The summed E-state index contributed by atoms with van der Waals surface area (Å²) in [5.74, 6) is 0.423. The predicted molar refractivity (Wildman–Crippen MR) is 104 cm³/mol. The van der Waals surface area contributed by atoms with Gasteiger partial charge in [0.25, 0.3) is 0 Å². The fourth-order valence-electron chi connectivity index (χ4n) is 1.98. The van der Waals surface area contributed by atoms with Crippen molar-refractivity contribution in [2.45, 2.75) is 39.0 Å². The zero-order valence-electron chi connectivity index (χ0n) is 17.0. The highest BCUT2D eigenvalue weighted by atomic mass is 19.4. The summed E-state index contributed by atoms with van der Waals surface area (Å²) in [6.45, 7) is 7.04. The number of carbonyl (C=O) groups is 1. The van der Waals surface area contributed by atoms with Gasteiger partial charge in [-0.15, -0.1) is 0 Å². The fraction of sp³-hybridized carbons (Fsp3) is 0.647. The lowest BCUT2D eigenvalue weighted by Crippen LogP contribution is -2.41. The molecule has 0 radical (unpaired) electrons. The van der Waals surface area contributed by atoms with Crippen molar-refractivity contribution in [2.75, 3.05) is 38.5 Å². The van der Waals surface area contributed by atoms with Gasteiger partial charge in [-0.1, -0.05) is 0 Å². The molecular formula is C17H28F3N7O2. The maximum Gasteiger partial charge on any atom is 0.433 e. The molecule has 0 aliphatic carbocycles. The Morgan fingerprint density at radius 3 is 2.38 bits per heavy atom. The first-order valence-electron chi connectivity index (χ1n) is 9.07. The SMILES string of the molecule is CN=C(NCCCNC(=O)OC(C)(C)C)NCCNc1nccc(C(F)(F)F)n1. The number of hydrogen-bond acceptors (Lipinski definition) is 6. The Kier molecular flexibility index (Phi) is 9.42. The Labute approximate surface area is 167 Å². The molecule has 0 bridgehead atoms. The number of ether oxygens (including phenoxy) is 1. The first-order chi connectivity index (χ1) is 13.5. The van der Waals surface area contributed by atoms with Gasteiger partial charge in [-0.2, -0.15) is 13.2 Å². The average molecular weight is 419 g/mol. The highest BCUT2D eigenvalue weighted by Gasteiger charge is 2.32. The van der Waals surface area contributed by atoms with Gasteiger partial charge in [-0.05, 0) is 33.3 Å². The average Bonchev–Trinajstić information content (AvgIpc) is 2.61. The smallest absolute Gasteiger partial charge is 0.433 e. The summed E-state index contributed by atoms with van der Waals surface area (Å²) >= 11 is 0. The third-order valence-electron chi connectivity index (χ3n) is 3.18. The first-order valence-corrected chi connectivity index (χ1v) is 9.07. The van der Waals surface area contributed by atoms with Crippen LogP contribution in [0.1, 0.15) is 32.9 Å². The molecule has 29 heavy (non-hydrogen) atoms. The molecule has 0 fully saturated rings. The van der Waals surface area contributed by atoms with Gasteiger partial charge >= 0.3 is 12.3 Å². The van der Waals surface area contributed by atoms with Crippen molar-refractivity contribution < 1.29 is 22.7 Å². The van der Waals surface area contributed by atoms with E-state index in [1.165, 1.54) is 0 Å². The van der Waals surface area contributed by atoms with Gasteiger partial charge in [0.2, 0.25) is 5.95 Å². The maximum atomic E-state index is 12.6. The second-order valence-electron chi connectivity index (χ2n) is 6.90. The quantitative estimate of drug-likeness (QED) is 0.290. The molecule has 0 aromatic carbocycles. The minimum absolute atomic E-state index is 0.0993. The summed E-state index contributed by atoms with van der Waals surface area (Å²) in [6, 6.07) is 0.812. The zero-order valence-corrected chi connectivity index (χ0v) is 17.0. The summed E-state index contributed by atoms with van der Waals surface area (Å²) in [6.07, 6.45) is -3.28. The number of nitrogens with zero attached hydrogens (tertiary/aromatic N) is 3. The molecule has 0 aliphatic heterocycles. The van der Waals surface area contributed by atoms with Crippen LogP contribution in [0.3, 0.4) is 0 Å². The van der Waals surface area contributed by atoms with Crippen molar-refractivity contribution in [3.8, 4) is 0 Å². The summed E-state index contributed by atoms with van der Waals surface area (Å²) in [5, 5.41) is 11.4. The molecule has 0 aliphatic rings. The summed E-state index contributed by atoms with van der Waals surface area (Å²) in [5.41, 5.74) is -1.54. The van der Waals surface area contributed by atoms with E-state index < -0.39 is 23.6 Å². The van der Waals surface area contributed by atoms with Gasteiger partial charge < -0.3 is 26.0 Å². The number of rotatable bonds is 8. The van der Waals surface area contributed by atoms with Crippen LogP contribution in [0.25, 0.3) is 0 Å². The summed E-state index contributed by atoms with van der Waals surface area (Å²) in [7, 11) is 1.59. The lowest BCUT2D eigenvalue weighted by molar-refractivity contribution is -0.141. The van der Waals surface area contributed by atoms with Crippen LogP contribution >= 0.6 is 0 Å². The van der Waals surface area contributed by atoms with Crippen molar-refractivity contribution >= 4 is 18.0 Å². The predicted octanol–water partition coefficient (Wildman–Crippen LogP) is 1.99. The lowest BCUT2D eigenvalue weighted by atomic mass is 10.2. The number of nitrogens with one attached hydrogen (secondary N) is 4. The Morgan fingerprint density at radius 2 is 1.76 bits per heavy atom. The minimum Gasteiger partial charge on any atom is -0.444 e. The molecule has 164 valence electrons. The van der Waals surface area contributed by atoms with Crippen LogP contribution in [-0.4, -0.2) is 60.8 Å². The highest BCUT2D eigenvalue weighted by Crippen LogP contribution is 2.27. The standard InChI is InChI=1S/C17H28F3N7O2/c1-16(2,3)29-15(28)26-8-5-7-22-13(21-4)24-10-11-25-14-23-9-6-12(27-14)17(18,19)20/h6,9H,5,7-8,10-11H2,1-4H3,(H,26,28)(H2,21,22,24)(H,23,25,27). The van der Waals surface area contributed by atoms with Crippen LogP contribution in [0.5, 0.6) is 0 Å². The van der Waals surface area contributed by atoms with Gasteiger partial charge in [0, 0.05) is 39.4 Å². The van der Waals surface area contributed by atoms with Crippen LogP contribution in [0.4, 0.5) is 23.9 Å². The largest absolute Gasteiger partial charge is 0.444 e. The normalized spacial score (nSPS) is 12.3. The van der Waals surface area contributed by atoms with Gasteiger partial charge in [0.05, 0.1) is 0 Å². The second kappa shape index (κ2) is 11.3. The molecule has 0 unspecified atom stereocenters. The van der Waals surface area contributed by atoms with Gasteiger partial charge in [-0.3, -0.25) is 4.99 Å². The van der Waals surface area contributed by atoms with E-state index in [0.29, 0.717) is 38.6 Å². The van der Waals surface area contributed by atoms with E-state index in [2.05, 4.69) is 36.2 Å². The van der Waals surface area contributed by atoms with E-state index in [9.17, 15) is 18.0 Å². The molecule has 0 saturated heterocycles. The van der Waals surface area contributed by atoms with Gasteiger partial charge in [-0.25, -0.2) is 14.8 Å². The number of amides is 1. The number of aliphatic imine (C=N–C) groups is 1.